The molecule has 0 spiro atoms. The van der Waals surface area contributed by atoms with E-state index < -0.39 is 5.97 Å². The summed E-state index contributed by atoms with van der Waals surface area (Å²) in [4.78, 5) is 22.5. The molecule has 6 nitrogen and oxygen atoms in total. The molecule has 0 unspecified atom stereocenters. The Labute approximate surface area is 96.9 Å². The number of nitrogens with zero attached hydrogens (tertiary/aromatic N) is 3. The number of pyridine rings is 1. The van der Waals surface area contributed by atoms with Crippen molar-refractivity contribution in [2.45, 2.75) is 6.92 Å². The van der Waals surface area contributed by atoms with E-state index in [0.717, 1.165) is 0 Å². The maximum absolute atomic E-state index is 10.7. The van der Waals surface area contributed by atoms with E-state index in [9.17, 15) is 4.79 Å². The minimum Gasteiger partial charge on any atom is -0.478 e. The Morgan fingerprint density at radius 3 is 2.76 bits per heavy atom. The van der Waals surface area contributed by atoms with E-state index >= 15 is 0 Å². The van der Waals surface area contributed by atoms with Gasteiger partial charge in [0, 0.05) is 18.6 Å². The van der Waals surface area contributed by atoms with Gasteiger partial charge in [-0.2, -0.15) is 0 Å². The third-order valence-electron chi connectivity index (χ3n) is 2.01. The van der Waals surface area contributed by atoms with Crippen molar-refractivity contribution in [2.75, 3.05) is 0 Å². The molecule has 0 aliphatic rings. The lowest BCUT2D eigenvalue weighted by Crippen LogP contribution is -1.99. The van der Waals surface area contributed by atoms with Crippen molar-refractivity contribution in [2.24, 2.45) is 0 Å². The molecule has 0 aliphatic carbocycles. The highest BCUT2D eigenvalue weighted by Gasteiger charge is 2.07. The van der Waals surface area contributed by atoms with Gasteiger partial charge >= 0.3 is 5.97 Å². The highest BCUT2D eigenvalue weighted by atomic mass is 16.5. The molecular formula is C11H9N3O3. The van der Waals surface area contributed by atoms with Gasteiger partial charge in [0.05, 0.1) is 17.5 Å². The first kappa shape index (κ1) is 11.0. The first-order valence-corrected chi connectivity index (χ1v) is 4.80. The van der Waals surface area contributed by atoms with Gasteiger partial charge in [0.25, 0.3) is 0 Å². The first-order valence-electron chi connectivity index (χ1n) is 4.80. The fourth-order valence-corrected chi connectivity index (χ4v) is 1.20. The number of aromatic carboxylic acids is 1. The summed E-state index contributed by atoms with van der Waals surface area (Å²) in [5.74, 6) is -0.413. The summed E-state index contributed by atoms with van der Waals surface area (Å²) in [5.41, 5.74) is 0.678. The molecule has 1 N–H and O–H groups in total. The second-order valence-corrected chi connectivity index (χ2v) is 3.26. The van der Waals surface area contributed by atoms with Crippen LogP contribution in [0.5, 0.6) is 11.6 Å². The van der Waals surface area contributed by atoms with Gasteiger partial charge < -0.3 is 9.84 Å². The number of carboxylic acids is 1. The van der Waals surface area contributed by atoms with E-state index in [1.165, 1.54) is 24.7 Å². The highest BCUT2D eigenvalue weighted by molar-refractivity contribution is 5.87. The molecule has 0 aromatic carbocycles. The number of carboxylic acid groups (broad SMARTS) is 1. The van der Waals surface area contributed by atoms with Crippen LogP contribution in [0.25, 0.3) is 0 Å². The minimum absolute atomic E-state index is 0.0593. The van der Waals surface area contributed by atoms with Crippen LogP contribution in [0.2, 0.25) is 0 Å². The Morgan fingerprint density at radius 1 is 1.29 bits per heavy atom. The predicted molar refractivity (Wildman–Crippen MR) is 58.0 cm³/mol. The maximum Gasteiger partial charge on any atom is 0.337 e. The zero-order chi connectivity index (χ0) is 12.3. The summed E-state index contributed by atoms with van der Waals surface area (Å²) in [6, 6.07) is 1.38. The minimum atomic E-state index is -1.06. The van der Waals surface area contributed by atoms with Crippen LogP contribution in [0.3, 0.4) is 0 Å². The van der Waals surface area contributed by atoms with Crippen LogP contribution in [0.4, 0.5) is 0 Å². The normalized spacial score (nSPS) is 9.94. The molecule has 2 aromatic rings. The molecule has 0 saturated heterocycles. The molecular weight excluding hydrogens is 222 g/mol. The number of hydrogen-bond acceptors (Lipinski definition) is 5. The number of ether oxygens (including phenoxy) is 1. The molecule has 0 saturated carbocycles. The van der Waals surface area contributed by atoms with Gasteiger partial charge in [0.2, 0.25) is 5.88 Å². The van der Waals surface area contributed by atoms with Crippen molar-refractivity contribution >= 4 is 5.97 Å². The fraction of sp³-hybridized carbons (Fsp3) is 0.0909. The van der Waals surface area contributed by atoms with Gasteiger partial charge in [-0.05, 0) is 13.0 Å². The van der Waals surface area contributed by atoms with Gasteiger partial charge in [0.15, 0.2) is 0 Å². The average Bonchev–Trinajstić information content (AvgIpc) is 2.32. The summed E-state index contributed by atoms with van der Waals surface area (Å²) in [7, 11) is 0. The number of hydrogen-bond donors (Lipinski definition) is 1. The van der Waals surface area contributed by atoms with E-state index in [1.807, 2.05) is 0 Å². The molecule has 0 fully saturated rings. The van der Waals surface area contributed by atoms with Crippen LogP contribution in [0.15, 0.2) is 30.9 Å². The maximum atomic E-state index is 10.7. The van der Waals surface area contributed by atoms with Gasteiger partial charge in [-0.3, -0.25) is 9.97 Å². The zero-order valence-corrected chi connectivity index (χ0v) is 8.99. The van der Waals surface area contributed by atoms with Crippen molar-refractivity contribution in [1.82, 2.24) is 15.0 Å². The lowest BCUT2D eigenvalue weighted by Gasteiger charge is -2.06. The number of rotatable bonds is 3. The average molecular weight is 231 g/mol. The molecule has 2 heterocycles. The Kier molecular flexibility index (Phi) is 2.95. The molecule has 17 heavy (non-hydrogen) atoms. The number of aryl methyl sites for hydroxylation is 1. The van der Waals surface area contributed by atoms with Gasteiger partial charge in [0.1, 0.15) is 5.75 Å². The topological polar surface area (TPSA) is 85.2 Å². The molecule has 0 radical (unpaired) electrons. The Morgan fingerprint density at radius 2 is 2.06 bits per heavy atom. The Balaban J connectivity index is 2.28. The Hall–Kier alpha value is -2.50. The van der Waals surface area contributed by atoms with Crippen molar-refractivity contribution in [3.8, 4) is 11.6 Å². The van der Waals surface area contributed by atoms with Crippen LogP contribution >= 0.6 is 0 Å². The molecule has 0 aliphatic heterocycles. The third-order valence-corrected chi connectivity index (χ3v) is 2.01. The van der Waals surface area contributed by atoms with Gasteiger partial charge in [-0.25, -0.2) is 9.78 Å². The van der Waals surface area contributed by atoms with Gasteiger partial charge in [-0.1, -0.05) is 0 Å². The van der Waals surface area contributed by atoms with E-state index in [1.54, 1.807) is 13.1 Å². The van der Waals surface area contributed by atoms with Crippen molar-refractivity contribution in [3.63, 3.8) is 0 Å². The van der Waals surface area contributed by atoms with Crippen LogP contribution in [0, 0.1) is 6.92 Å². The summed E-state index contributed by atoms with van der Waals surface area (Å²) in [5, 5.41) is 8.81. The summed E-state index contributed by atoms with van der Waals surface area (Å²) in [6.07, 6.45) is 5.71. The molecule has 0 amide bonds. The number of carbonyl (C=O) groups is 1. The standard InChI is InChI=1S/C11H9N3O3/c1-7-10(14-3-2-13-7)17-9-4-8(11(15)16)5-12-6-9/h2-6H,1H3,(H,15,16). The smallest absolute Gasteiger partial charge is 0.337 e. The van der Waals surface area contributed by atoms with Crippen LogP contribution in [-0.2, 0) is 0 Å². The molecule has 86 valence electrons. The monoisotopic (exact) mass is 231 g/mol. The largest absolute Gasteiger partial charge is 0.478 e. The fourth-order valence-electron chi connectivity index (χ4n) is 1.20. The van der Waals surface area contributed by atoms with Crippen molar-refractivity contribution in [3.05, 3.63) is 42.1 Å². The van der Waals surface area contributed by atoms with Gasteiger partial charge in [-0.15, -0.1) is 0 Å². The zero-order valence-electron chi connectivity index (χ0n) is 8.99. The lowest BCUT2D eigenvalue weighted by molar-refractivity contribution is 0.0696. The molecule has 0 atom stereocenters. The third kappa shape index (κ3) is 2.54. The summed E-state index contributed by atoms with van der Waals surface area (Å²) >= 11 is 0. The second-order valence-electron chi connectivity index (χ2n) is 3.26. The SMILES string of the molecule is Cc1nccnc1Oc1cncc(C(=O)O)c1. The molecule has 2 rings (SSSR count). The van der Waals surface area contributed by atoms with Crippen molar-refractivity contribution < 1.29 is 14.6 Å². The van der Waals surface area contributed by atoms with Crippen molar-refractivity contribution in [1.29, 1.82) is 0 Å². The van der Waals surface area contributed by atoms with E-state index in [4.69, 9.17) is 9.84 Å². The summed E-state index contributed by atoms with van der Waals surface area (Å²) < 4.78 is 5.40. The Bertz CT molecular complexity index is 557. The highest BCUT2D eigenvalue weighted by Crippen LogP contribution is 2.20. The quantitative estimate of drug-likeness (QED) is 0.864. The summed E-state index contributed by atoms with van der Waals surface area (Å²) in [6.45, 7) is 1.75. The van der Waals surface area contributed by atoms with E-state index in [2.05, 4.69) is 15.0 Å². The molecule has 0 bridgehead atoms. The molecule has 6 heteroatoms. The van der Waals surface area contributed by atoms with Crippen LogP contribution in [-0.4, -0.2) is 26.0 Å². The predicted octanol–water partition coefficient (Wildman–Crippen LogP) is 1.67. The van der Waals surface area contributed by atoms with E-state index in [-0.39, 0.29) is 5.56 Å². The van der Waals surface area contributed by atoms with E-state index in [0.29, 0.717) is 17.3 Å². The first-order chi connectivity index (χ1) is 8.16. The number of aromatic nitrogens is 3. The van der Waals surface area contributed by atoms with Crippen LogP contribution in [0.1, 0.15) is 16.1 Å². The molecule has 2 aromatic heterocycles. The van der Waals surface area contributed by atoms with Crippen LogP contribution < -0.4 is 4.74 Å². The lowest BCUT2D eigenvalue weighted by atomic mass is 10.3. The second kappa shape index (κ2) is 4.56.